The Kier molecular flexibility index (Phi) is 5.21. The van der Waals surface area contributed by atoms with Crippen LogP contribution >= 0.6 is 0 Å². The number of amides is 1. The lowest BCUT2D eigenvalue weighted by Gasteiger charge is -2.34. The Morgan fingerprint density at radius 3 is 2.50 bits per heavy atom. The summed E-state index contributed by atoms with van der Waals surface area (Å²) in [6.07, 6.45) is 3.53. The maximum absolute atomic E-state index is 12.2. The molecule has 2 aliphatic rings. The lowest BCUT2D eigenvalue weighted by atomic mass is 9.96. The molecular formula is C22H27N3O. The number of hydrogen-bond donors (Lipinski definition) is 1. The third-order valence-corrected chi connectivity index (χ3v) is 5.59. The molecule has 4 rings (SSSR count). The first kappa shape index (κ1) is 17.1. The molecule has 1 N–H and O–H groups in total. The monoisotopic (exact) mass is 349 g/mol. The third-order valence-electron chi connectivity index (χ3n) is 5.59. The van der Waals surface area contributed by atoms with Gasteiger partial charge in [0, 0.05) is 24.5 Å². The van der Waals surface area contributed by atoms with Crippen molar-refractivity contribution in [3.63, 3.8) is 0 Å². The zero-order chi connectivity index (χ0) is 17.8. The van der Waals surface area contributed by atoms with E-state index in [1.807, 2.05) is 30.3 Å². The molecule has 2 aliphatic heterocycles. The van der Waals surface area contributed by atoms with Gasteiger partial charge in [-0.2, -0.15) is 0 Å². The van der Waals surface area contributed by atoms with E-state index < -0.39 is 0 Å². The minimum absolute atomic E-state index is 0.0862. The minimum atomic E-state index is 0.0862. The molecule has 1 fully saturated rings. The van der Waals surface area contributed by atoms with E-state index in [1.54, 1.807) is 0 Å². The summed E-state index contributed by atoms with van der Waals surface area (Å²) in [5.74, 6) is 0.817. The number of carbonyl (C=O) groups excluding carboxylic acids is 1. The van der Waals surface area contributed by atoms with E-state index in [0.717, 1.165) is 37.8 Å². The number of hydrogen-bond acceptors (Lipinski definition) is 3. The minimum Gasteiger partial charge on any atom is -0.371 e. The Hall–Kier alpha value is -2.33. The fourth-order valence-electron chi connectivity index (χ4n) is 4.16. The van der Waals surface area contributed by atoms with Crippen LogP contribution in [0, 0.1) is 5.92 Å². The van der Waals surface area contributed by atoms with Crippen molar-refractivity contribution in [3.05, 3.63) is 60.2 Å². The molecule has 2 heterocycles. The molecule has 0 saturated carbocycles. The molecule has 0 radical (unpaired) electrons. The highest BCUT2D eigenvalue weighted by Crippen LogP contribution is 2.30. The number of para-hydroxylation sites is 2. The second-order valence-electron chi connectivity index (χ2n) is 7.46. The molecule has 0 aromatic heterocycles. The van der Waals surface area contributed by atoms with Crippen molar-refractivity contribution in [2.75, 3.05) is 42.9 Å². The number of fused-ring (bicyclic) bond motifs is 1. The lowest BCUT2D eigenvalue weighted by molar-refractivity contribution is -0.117. The number of nitrogens with one attached hydrogen (secondary N) is 1. The van der Waals surface area contributed by atoms with E-state index in [4.69, 9.17) is 0 Å². The molecule has 0 unspecified atom stereocenters. The average Bonchev–Trinajstić information content (AvgIpc) is 3.07. The largest absolute Gasteiger partial charge is 0.371 e. The Balaban J connectivity index is 1.23. The van der Waals surface area contributed by atoms with Crippen molar-refractivity contribution < 1.29 is 4.79 Å². The molecular weight excluding hydrogens is 322 g/mol. The van der Waals surface area contributed by atoms with Crippen LogP contribution in [0.2, 0.25) is 0 Å². The summed E-state index contributed by atoms with van der Waals surface area (Å²) in [4.78, 5) is 17.1. The van der Waals surface area contributed by atoms with E-state index in [1.165, 1.54) is 30.5 Å². The second-order valence-corrected chi connectivity index (χ2v) is 7.46. The SMILES string of the molecule is O=C(CN1CCC(CN2CCc3ccccc32)CC1)Nc1ccccc1. The van der Waals surface area contributed by atoms with Crippen molar-refractivity contribution >= 4 is 17.3 Å². The Morgan fingerprint density at radius 2 is 1.69 bits per heavy atom. The number of nitrogens with zero attached hydrogens (tertiary/aromatic N) is 2. The highest BCUT2D eigenvalue weighted by molar-refractivity contribution is 5.92. The van der Waals surface area contributed by atoms with Gasteiger partial charge in [0.15, 0.2) is 0 Å². The molecule has 0 atom stereocenters. The Labute approximate surface area is 155 Å². The first-order chi connectivity index (χ1) is 12.8. The van der Waals surface area contributed by atoms with Crippen LogP contribution in [0.4, 0.5) is 11.4 Å². The standard InChI is InChI=1S/C22H27N3O/c26-22(23-20-7-2-1-3-8-20)17-24-13-10-18(11-14-24)16-25-15-12-19-6-4-5-9-21(19)25/h1-9,18H,10-17H2,(H,23,26). The molecule has 0 bridgehead atoms. The molecule has 1 saturated heterocycles. The van der Waals surface area contributed by atoms with Crippen molar-refractivity contribution in [3.8, 4) is 0 Å². The lowest BCUT2D eigenvalue weighted by Crippen LogP contribution is -2.41. The van der Waals surface area contributed by atoms with Crippen LogP contribution in [0.25, 0.3) is 0 Å². The Morgan fingerprint density at radius 1 is 0.962 bits per heavy atom. The fraction of sp³-hybridized carbons (Fsp3) is 0.409. The van der Waals surface area contributed by atoms with Crippen LogP contribution in [0.1, 0.15) is 18.4 Å². The molecule has 2 aromatic rings. The van der Waals surface area contributed by atoms with Gasteiger partial charge in [0.25, 0.3) is 0 Å². The number of piperidine rings is 1. The van der Waals surface area contributed by atoms with Gasteiger partial charge < -0.3 is 10.2 Å². The quantitative estimate of drug-likeness (QED) is 0.899. The summed E-state index contributed by atoms with van der Waals surface area (Å²) >= 11 is 0. The number of anilines is 2. The van der Waals surface area contributed by atoms with Gasteiger partial charge in [0.1, 0.15) is 0 Å². The van der Waals surface area contributed by atoms with Crippen molar-refractivity contribution in [2.24, 2.45) is 5.92 Å². The molecule has 4 heteroatoms. The molecule has 136 valence electrons. The molecule has 1 amide bonds. The summed E-state index contributed by atoms with van der Waals surface area (Å²) in [7, 11) is 0. The number of carbonyl (C=O) groups is 1. The maximum Gasteiger partial charge on any atom is 0.238 e. The van der Waals surface area contributed by atoms with Gasteiger partial charge in [-0.3, -0.25) is 9.69 Å². The van der Waals surface area contributed by atoms with E-state index in [-0.39, 0.29) is 5.91 Å². The van der Waals surface area contributed by atoms with Crippen molar-refractivity contribution in [1.82, 2.24) is 4.90 Å². The number of benzene rings is 2. The summed E-state index contributed by atoms with van der Waals surface area (Å²) in [6.45, 7) is 4.83. The highest BCUT2D eigenvalue weighted by Gasteiger charge is 2.25. The van der Waals surface area contributed by atoms with Gasteiger partial charge in [-0.05, 0) is 62.0 Å². The second kappa shape index (κ2) is 7.92. The van der Waals surface area contributed by atoms with E-state index in [2.05, 4.69) is 39.4 Å². The van der Waals surface area contributed by atoms with Gasteiger partial charge in [-0.15, -0.1) is 0 Å². The smallest absolute Gasteiger partial charge is 0.238 e. The van der Waals surface area contributed by atoms with Crippen molar-refractivity contribution in [1.29, 1.82) is 0 Å². The molecule has 4 nitrogen and oxygen atoms in total. The molecule has 0 aliphatic carbocycles. The van der Waals surface area contributed by atoms with Gasteiger partial charge in [-0.1, -0.05) is 36.4 Å². The zero-order valence-electron chi connectivity index (χ0n) is 15.2. The fourth-order valence-corrected chi connectivity index (χ4v) is 4.16. The highest BCUT2D eigenvalue weighted by atomic mass is 16.2. The zero-order valence-corrected chi connectivity index (χ0v) is 15.2. The number of likely N-dealkylation sites (tertiary alicyclic amines) is 1. The third kappa shape index (κ3) is 4.07. The van der Waals surface area contributed by atoms with Gasteiger partial charge >= 0.3 is 0 Å². The van der Waals surface area contributed by atoms with Gasteiger partial charge in [-0.25, -0.2) is 0 Å². The van der Waals surface area contributed by atoms with Crippen LogP contribution in [-0.2, 0) is 11.2 Å². The van der Waals surface area contributed by atoms with Crippen molar-refractivity contribution in [2.45, 2.75) is 19.3 Å². The topological polar surface area (TPSA) is 35.6 Å². The van der Waals surface area contributed by atoms with Crippen LogP contribution in [0.15, 0.2) is 54.6 Å². The molecule has 26 heavy (non-hydrogen) atoms. The van der Waals surface area contributed by atoms with Crippen LogP contribution in [-0.4, -0.2) is 43.5 Å². The predicted molar refractivity (Wildman–Crippen MR) is 107 cm³/mol. The number of rotatable bonds is 5. The summed E-state index contributed by atoms with van der Waals surface area (Å²) < 4.78 is 0. The summed E-state index contributed by atoms with van der Waals surface area (Å²) in [5, 5.41) is 2.98. The first-order valence-corrected chi connectivity index (χ1v) is 9.68. The van der Waals surface area contributed by atoms with Crippen LogP contribution < -0.4 is 10.2 Å². The average molecular weight is 349 g/mol. The first-order valence-electron chi connectivity index (χ1n) is 9.68. The molecule has 2 aromatic carbocycles. The summed E-state index contributed by atoms with van der Waals surface area (Å²) in [6, 6.07) is 18.5. The summed E-state index contributed by atoms with van der Waals surface area (Å²) in [5.41, 5.74) is 3.79. The molecule has 0 spiro atoms. The van der Waals surface area contributed by atoms with Gasteiger partial charge in [0.2, 0.25) is 5.91 Å². The van der Waals surface area contributed by atoms with Crippen LogP contribution in [0.3, 0.4) is 0 Å². The normalized spacial score (nSPS) is 17.9. The maximum atomic E-state index is 12.2. The van der Waals surface area contributed by atoms with E-state index in [9.17, 15) is 4.79 Å². The predicted octanol–water partition coefficient (Wildman–Crippen LogP) is 3.40. The Bertz CT molecular complexity index is 738. The van der Waals surface area contributed by atoms with Crippen LogP contribution in [0.5, 0.6) is 0 Å². The van der Waals surface area contributed by atoms with E-state index in [0.29, 0.717) is 6.54 Å². The van der Waals surface area contributed by atoms with Gasteiger partial charge in [0.05, 0.1) is 6.54 Å². The van der Waals surface area contributed by atoms with E-state index >= 15 is 0 Å².